The second-order valence-corrected chi connectivity index (χ2v) is 5.66. The summed E-state index contributed by atoms with van der Waals surface area (Å²) in [6, 6.07) is 15.1. The molecular weight excluding hydrogens is 328 g/mol. The number of amides is 1. The van der Waals surface area contributed by atoms with Crippen LogP contribution in [0.5, 0.6) is 5.75 Å². The van der Waals surface area contributed by atoms with Crippen molar-refractivity contribution in [2.45, 2.75) is 6.42 Å². The molecule has 0 aliphatic heterocycles. The van der Waals surface area contributed by atoms with Gasteiger partial charge in [0.15, 0.2) is 0 Å². The monoisotopic (exact) mass is 348 g/mol. The Balaban J connectivity index is 1.50. The molecule has 0 fully saturated rings. The Morgan fingerprint density at radius 2 is 2.04 bits per heavy atom. The highest BCUT2D eigenvalue weighted by Gasteiger charge is 2.06. The van der Waals surface area contributed by atoms with E-state index in [0.29, 0.717) is 11.4 Å². The Hall–Kier alpha value is -3.41. The molecular formula is C20H20N4O2. The van der Waals surface area contributed by atoms with Crippen molar-refractivity contribution in [1.82, 2.24) is 9.97 Å². The Morgan fingerprint density at radius 1 is 1.12 bits per heavy atom. The molecule has 2 aromatic heterocycles. The number of benzene rings is 1. The third-order valence-electron chi connectivity index (χ3n) is 3.81. The van der Waals surface area contributed by atoms with Gasteiger partial charge in [-0.15, -0.1) is 0 Å². The van der Waals surface area contributed by atoms with E-state index in [-0.39, 0.29) is 5.91 Å². The molecule has 0 unspecified atom stereocenters. The van der Waals surface area contributed by atoms with Crippen LogP contribution in [0.1, 0.15) is 15.9 Å². The lowest BCUT2D eigenvalue weighted by atomic mass is 10.1. The summed E-state index contributed by atoms with van der Waals surface area (Å²) < 4.78 is 5.23. The number of pyridine rings is 2. The summed E-state index contributed by atoms with van der Waals surface area (Å²) in [5, 5.41) is 6.07. The fraction of sp³-hybridized carbons (Fsp3) is 0.150. The van der Waals surface area contributed by atoms with Gasteiger partial charge in [0.05, 0.1) is 24.6 Å². The molecule has 3 aromatic rings. The fourth-order valence-electron chi connectivity index (χ4n) is 2.44. The normalized spacial score (nSPS) is 10.2. The van der Waals surface area contributed by atoms with Gasteiger partial charge in [0.1, 0.15) is 11.6 Å². The van der Waals surface area contributed by atoms with Crippen molar-refractivity contribution in [3.8, 4) is 5.75 Å². The van der Waals surface area contributed by atoms with Crippen LogP contribution in [-0.4, -0.2) is 29.5 Å². The number of carbonyl (C=O) groups excluding carboxylic acids is 1. The summed E-state index contributed by atoms with van der Waals surface area (Å²) >= 11 is 0. The van der Waals surface area contributed by atoms with Gasteiger partial charge in [-0.3, -0.25) is 9.78 Å². The van der Waals surface area contributed by atoms with Crippen LogP contribution in [0.2, 0.25) is 0 Å². The maximum atomic E-state index is 12.1. The largest absolute Gasteiger partial charge is 0.497 e. The Kier molecular flexibility index (Phi) is 5.77. The zero-order valence-corrected chi connectivity index (χ0v) is 14.5. The van der Waals surface area contributed by atoms with Crippen LogP contribution in [-0.2, 0) is 6.42 Å². The molecule has 0 bridgehead atoms. The summed E-state index contributed by atoms with van der Waals surface area (Å²) in [5.74, 6) is 1.12. The topological polar surface area (TPSA) is 76.1 Å². The van der Waals surface area contributed by atoms with Gasteiger partial charge in [-0.1, -0.05) is 12.1 Å². The molecule has 6 heteroatoms. The van der Waals surface area contributed by atoms with E-state index in [0.717, 1.165) is 24.4 Å². The molecule has 0 aliphatic rings. The van der Waals surface area contributed by atoms with Gasteiger partial charge in [0.25, 0.3) is 5.91 Å². The molecule has 3 rings (SSSR count). The molecule has 2 N–H and O–H groups in total. The second-order valence-electron chi connectivity index (χ2n) is 5.66. The average Bonchev–Trinajstić information content (AvgIpc) is 2.70. The number of nitrogens with one attached hydrogen (secondary N) is 2. The zero-order valence-electron chi connectivity index (χ0n) is 14.5. The number of rotatable bonds is 7. The maximum Gasteiger partial charge on any atom is 0.258 e. The number of anilines is 2. The predicted octanol–water partition coefficient (Wildman–Crippen LogP) is 3.39. The number of hydrogen-bond donors (Lipinski definition) is 2. The van der Waals surface area contributed by atoms with Crippen LogP contribution in [0.4, 0.5) is 11.5 Å². The highest BCUT2D eigenvalue weighted by molar-refractivity contribution is 6.03. The summed E-state index contributed by atoms with van der Waals surface area (Å²) in [6.07, 6.45) is 5.71. The minimum absolute atomic E-state index is 0.232. The van der Waals surface area contributed by atoms with E-state index in [1.54, 1.807) is 37.7 Å². The van der Waals surface area contributed by atoms with E-state index in [4.69, 9.17) is 4.74 Å². The number of methoxy groups -OCH3 is 1. The molecule has 1 aromatic carbocycles. The van der Waals surface area contributed by atoms with Gasteiger partial charge in [0, 0.05) is 18.9 Å². The first-order valence-electron chi connectivity index (χ1n) is 8.29. The van der Waals surface area contributed by atoms with E-state index in [1.165, 1.54) is 11.8 Å². The standard InChI is InChI=1S/C20H20N4O2/c1-26-18-6-2-4-15(12-18)9-11-22-17-7-8-19(23-14-17)24-20(25)16-5-3-10-21-13-16/h2-8,10,12-14,22H,9,11H2,1H3,(H,23,24,25). The van der Waals surface area contributed by atoms with Gasteiger partial charge in [-0.2, -0.15) is 0 Å². The Labute approximate surface area is 152 Å². The zero-order chi connectivity index (χ0) is 18.2. The second kappa shape index (κ2) is 8.62. The molecule has 1 amide bonds. The molecule has 0 spiro atoms. The summed E-state index contributed by atoms with van der Waals surface area (Å²) in [4.78, 5) is 20.3. The number of hydrogen-bond acceptors (Lipinski definition) is 5. The van der Waals surface area contributed by atoms with E-state index in [2.05, 4.69) is 26.7 Å². The molecule has 6 nitrogen and oxygen atoms in total. The lowest BCUT2D eigenvalue weighted by Gasteiger charge is -2.09. The predicted molar refractivity (Wildman–Crippen MR) is 102 cm³/mol. The number of nitrogens with zero attached hydrogens (tertiary/aromatic N) is 2. The molecule has 132 valence electrons. The molecule has 0 aliphatic carbocycles. The molecule has 0 saturated heterocycles. The maximum absolute atomic E-state index is 12.1. The smallest absolute Gasteiger partial charge is 0.258 e. The van der Waals surface area contributed by atoms with Crippen molar-refractivity contribution >= 4 is 17.4 Å². The Morgan fingerprint density at radius 3 is 2.77 bits per heavy atom. The van der Waals surface area contributed by atoms with Crippen molar-refractivity contribution in [1.29, 1.82) is 0 Å². The molecule has 0 radical (unpaired) electrons. The summed E-state index contributed by atoms with van der Waals surface area (Å²) in [6.45, 7) is 0.774. The quantitative estimate of drug-likeness (QED) is 0.684. The highest BCUT2D eigenvalue weighted by atomic mass is 16.5. The Bertz CT molecular complexity index is 851. The van der Waals surface area contributed by atoms with Gasteiger partial charge in [0.2, 0.25) is 0 Å². The highest BCUT2D eigenvalue weighted by Crippen LogP contribution is 2.14. The van der Waals surface area contributed by atoms with E-state index >= 15 is 0 Å². The van der Waals surface area contributed by atoms with Gasteiger partial charge in [-0.25, -0.2) is 4.98 Å². The third-order valence-corrected chi connectivity index (χ3v) is 3.81. The van der Waals surface area contributed by atoms with Crippen molar-refractivity contribution < 1.29 is 9.53 Å². The molecule has 26 heavy (non-hydrogen) atoms. The molecule has 0 atom stereocenters. The van der Waals surface area contributed by atoms with Crippen LogP contribution in [0.25, 0.3) is 0 Å². The van der Waals surface area contributed by atoms with Crippen molar-refractivity contribution in [2.75, 3.05) is 24.3 Å². The summed E-state index contributed by atoms with van der Waals surface area (Å²) in [5.41, 5.74) is 2.59. The first-order valence-corrected chi connectivity index (χ1v) is 8.29. The van der Waals surface area contributed by atoms with E-state index in [1.807, 2.05) is 24.3 Å². The fourth-order valence-corrected chi connectivity index (χ4v) is 2.44. The summed E-state index contributed by atoms with van der Waals surface area (Å²) in [7, 11) is 1.66. The van der Waals surface area contributed by atoms with Crippen molar-refractivity contribution in [2.24, 2.45) is 0 Å². The first kappa shape index (κ1) is 17.4. The number of ether oxygens (including phenoxy) is 1. The van der Waals surface area contributed by atoms with Crippen molar-refractivity contribution in [3.63, 3.8) is 0 Å². The minimum atomic E-state index is -0.232. The van der Waals surface area contributed by atoms with E-state index in [9.17, 15) is 4.79 Å². The molecule has 2 heterocycles. The van der Waals surface area contributed by atoms with Crippen LogP contribution < -0.4 is 15.4 Å². The van der Waals surface area contributed by atoms with Crippen LogP contribution >= 0.6 is 0 Å². The van der Waals surface area contributed by atoms with Gasteiger partial charge in [-0.05, 0) is 48.4 Å². The SMILES string of the molecule is COc1cccc(CCNc2ccc(NC(=O)c3cccnc3)nc2)c1. The van der Waals surface area contributed by atoms with Gasteiger partial charge < -0.3 is 15.4 Å². The number of aromatic nitrogens is 2. The van der Waals surface area contributed by atoms with Crippen molar-refractivity contribution in [3.05, 3.63) is 78.2 Å². The lowest BCUT2D eigenvalue weighted by molar-refractivity contribution is 0.102. The van der Waals surface area contributed by atoms with Crippen LogP contribution in [0, 0.1) is 0 Å². The van der Waals surface area contributed by atoms with Crippen LogP contribution in [0.3, 0.4) is 0 Å². The van der Waals surface area contributed by atoms with E-state index < -0.39 is 0 Å². The lowest BCUT2D eigenvalue weighted by Crippen LogP contribution is -2.13. The first-order chi connectivity index (χ1) is 12.7. The third kappa shape index (κ3) is 4.80. The average molecular weight is 348 g/mol. The number of carbonyl (C=O) groups is 1. The minimum Gasteiger partial charge on any atom is -0.497 e. The van der Waals surface area contributed by atoms with Crippen LogP contribution in [0.15, 0.2) is 67.1 Å². The molecule has 0 saturated carbocycles. The van der Waals surface area contributed by atoms with Gasteiger partial charge >= 0.3 is 0 Å².